The van der Waals surface area contributed by atoms with Crippen molar-refractivity contribution in [3.05, 3.63) is 65.7 Å². The summed E-state index contributed by atoms with van der Waals surface area (Å²) in [5, 5.41) is 0. The predicted octanol–water partition coefficient (Wildman–Crippen LogP) is 2.52. The predicted molar refractivity (Wildman–Crippen MR) is 99.7 cm³/mol. The number of primary amides is 1. The van der Waals surface area contributed by atoms with Crippen molar-refractivity contribution in [2.24, 2.45) is 5.73 Å². The van der Waals surface area contributed by atoms with Crippen molar-refractivity contribution in [3.63, 3.8) is 0 Å². The molecule has 5 nitrogen and oxygen atoms in total. The van der Waals surface area contributed by atoms with Gasteiger partial charge < -0.3 is 15.4 Å². The lowest BCUT2D eigenvalue weighted by Gasteiger charge is -2.33. The molecule has 0 saturated carbocycles. The van der Waals surface area contributed by atoms with Gasteiger partial charge in [-0.25, -0.2) is 0 Å². The van der Waals surface area contributed by atoms with E-state index in [1.54, 1.807) is 4.90 Å². The molecule has 1 fully saturated rings. The molecule has 1 saturated heterocycles. The van der Waals surface area contributed by atoms with Gasteiger partial charge in [0, 0.05) is 13.0 Å². The number of para-hydroxylation sites is 1. The number of hydrogen-bond acceptors (Lipinski definition) is 3. The van der Waals surface area contributed by atoms with Crippen LogP contribution in [0.15, 0.2) is 54.6 Å². The van der Waals surface area contributed by atoms with E-state index in [2.05, 4.69) is 12.1 Å². The number of benzene rings is 2. The van der Waals surface area contributed by atoms with Gasteiger partial charge in [-0.3, -0.25) is 9.59 Å². The zero-order chi connectivity index (χ0) is 18.4. The first kappa shape index (κ1) is 18.0. The Morgan fingerprint density at radius 1 is 1.04 bits per heavy atom. The maximum absolute atomic E-state index is 12.5. The van der Waals surface area contributed by atoms with Gasteiger partial charge in [0.1, 0.15) is 11.8 Å². The molecule has 0 spiro atoms. The Labute approximate surface area is 153 Å². The van der Waals surface area contributed by atoms with E-state index in [1.165, 1.54) is 5.56 Å². The van der Waals surface area contributed by atoms with Crippen molar-refractivity contribution in [3.8, 4) is 5.75 Å². The van der Waals surface area contributed by atoms with E-state index < -0.39 is 11.9 Å². The van der Waals surface area contributed by atoms with Crippen LogP contribution in [0.25, 0.3) is 0 Å². The lowest BCUT2D eigenvalue weighted by atomic mass is 10.0. The average Bonchev–Trinajstić information content (AvgIpc) is 2.68. The van der Waals surface area contributed by atoms with Crippen LogP contribution in [0.1, 0.15) is 30.4 Å². The summed E-state index contributed by atoms with van der Waals surface area (Å²) in [6.45, 7) is 0.469. The van der Waals surface area contributed by atoms with Gasteiger partial charge in [0.2, 0.25) is 5.91 Å². The summed E-state index contributed by atoms with van der Waals surface area (Å²) in [6, 6.07) is 17.3. The second-order valence-corrected chi connectivity index (χ2v) is 6.56. The molecule has 1 aliphatic rings. The minimum Gasteiger partial charge on any atom is -0.483 e. The number of ether oxygens (including phenoxy) is 1. The fraction of sp³-hybridized carbons (Fsp3) is 0.333. The van der Waals surface area contributed by atoms with Crippen molar-refractivity contribution in [1.29, 1.82) is 0 Å². The molecule has 26 heavy (non-hydrogen) atoms. The minimum absolute atomic E-state index is 0.0877. The monoisotopic (exact) mass is 352 g/mol. The maximum Gasteiger partial charge on any atom is 0.261 e. The second-order valence-electron chi connectivity index (χ2n) is 6.56. The normalized spacial score (nSPS) is 16.9. The van der Waals surface area contributed by atoms with E-state index in [1.807, 2.05) is 42.5 Å². The molecule has 2 amide bonds. The topological polar surface area (TPSA) is 72.6 Å². The third-order valence-electron chi connectivity index (χ3n) is 4.71. The summed E-state index contributed by atoms with van der Waals surface area (Å²) in [6.07, 6.45) is 3.17. The highest BCUT2D eigenvalue weighted by atomic mass is 16.5. The quantitative estimate of drug-likeness (QED) is 0.868. The van der Waals surface area contributed by atoms with Gasteiger partial charge >= 0.3 is 0 Å². The van der Waals surface area contributed by atoms with Gasteiger partial charge in [0.25, 0.3) is 5.91 Å². The molecule has 5 heteroatoms. The van der Waals surface area contributed by atoms with Gasteiger partial charge in [-0.2, -0.15) is 0 Å². The highest BCUT2D eigenvalue weighted by Crippen LogP contribution is 2.22. The van der Waals surface area contributed by atoms with E-state index in [-0.39, 0.29) is 12.5 Å². The molecule has 1 heterocycles. The number of carbonyl (C=O) groups excluding carboxylic acids is 2. The maximum atomic E-state index is 12.5. The highest BCUT2D eigenvalue weighted by Gasteiger charge is 2.30. The Balaban J connectivity index is 1.66. The van der Waals surface area contributed by atoms with E-state index >= 15 is 0 Å². The van der Waals surface area contributed by atoms with Crippen molar-refractivity contribution in [2.75, 3.05) is 13.2 Å². The number of nitrogens with two attached hydrogens (primary N) is 1. The number of amides is 2. The van der Waals surface area contributed by atoms with E-state index in [0.717, 1.165) is 24.8 Å². The van der Waals surface area contributed by atoms with Crippen LogP contribution in [0, 0.1) is 0 Å². The Hall–Kier alpha value is -2.82. The first-order valence-electron chi connectivity index (χ1n) is 8.98. The number of carbonyl (C=O) groups is 2. The van der Waals surface area contributed by atoms with Crippen molar-refractivity contribution in [2.45, 2.75) is 31.7 Å². The van der Waals surface area contributed by atoms with Gasteiger partial charge in [-0.1, -0.05) is 48.5 Å². The third-order valence-corrected chi connectivity index (χ3v) is 4.71. The lowest BCUT2D eigenvalue weighted by molar-refractivity contribution is -0.142. The zero-order valence-electron chi connectivity index (χ0n) is 14.8. The molecule has 136 valence electrons. The SMILES string of the molecule is NC(=O)[C@H]1CCCCN1C(=O)COc1ccccc1Cc1ccccc1. The third kappa shape index (κ3) is 4.42. The Morgan fingerprint density at radius 2 is 1.77 bits per heavy atom. The average molecular weight is 352 g/mol. The molecule has 3 rings (SSSR count). The van der Waals surface area contributed by atoms with Gasteiger partial charge in [-0.15, -0.1) is 0 Å². The molecule has 2 aromatic carbocycles. The summed E-state index contributed by atoms with van der Waals surface area (Å²) in [5.41, 5.74) is 7.64. The summed E-state index contributed by atoms with van der Waals surface area (Å²) in [5.74, 6) is 0.0582. The van der Waals surface area contributed by atoms with Crippen LogP contribution in [0.4, 0.5) is 0 Å². The number of piperidine rings is 1. The van der Waals surface area contributed by atoms with Gasteiger partial charge in [-0.05, 0) is 36.5 Å². The molecule has 2 aromatic rings. The van der Waals surface area contributed by atoms with Crippen LogP contribution in [-0.4, -0.2) is 35.9 Å². The summed E-state index contributed by atoms with van der Waals surface area (Å²) >= 11 is 0. The Kier molecular flexibility index (Phi) is 5.89. The number of nitrogens with zero attached hydrogens (tertiary/aromatic N) is 1. The van der Waals surface area contributed by atoms with Crippen LogP contribution in [0.2, 0.25) is 0 Å². The summed E-state index contributed by atoms with van der Waals surface area (Å²) in [4.78, 5) is 25.7. The van der Waals surface area contributed by atoms with Gasteiger partial charge in [0.15, 0.2) is 6.61 Å². The van der Waals surface area contributed by atoms with Crippen LogP contribution in [0.5, 0.6) is 5.75 Å². The number of rotatable bonds is 6. The summed E-state index contributed by atoms with van der Waals surface area (Å²) in [7, 11) is 0. The number of likely N-dealkylation sites (tertiary alicyclic amines) is 1. The Bertz CT molecular complexity index is 761. The molecule has 2 N–H and O–H groups in total. The number of hydrogen-bond donors (Lipinski definition) is 1. The molecule has 0 aliphatic carbocycles. The van der Waals surface area contributed by atoms with Crippen LogP contribution in [0.3, 0.4) is 0 Å². The molecule has 0 unspecified atom stereocenters. The van der Waals surface area contributed by atoms with Crippen molar-refractivity contribution < 1.29 is 14.3 Å². The largest absolute Gasteiger partial charge is 0.483 e. The van der Waals surface area contributed by atoms with Gasteiger partial charge in [0.05, 0.1) is 0 Å². The molecule has 0 aromatic heterocycles. The highest BCUT2D eigenvalue weighted by molar-refractivity contribution is 5.87. The molecule has 1 atom stereocenters. The van der Waals surface area contributed by atoms with E-state index in [4.69, 9.17) is 10.5 Å². The lowest BCUT2D eigenvalue weighted by Crippen LogP contribution is -2.51. The smallest absolute Gasteiger partial charge is 0.261 e. The minimum atomic E-state index is -0.514. The first-order valence-corrected chi connectivity index (χ1v) is 8.98. The first-order chi connectivity index (χ1) is 12.6. The van der Waals surface area contributed by atoms with Crippen molar-refractivity contribution in [1.82, 2.24) is 4.90 Å². The second kappa shape index (κ2) is 8.52. The molecular weight excluding hydrogens is 328 g/mol. The molecule has 1 aliphatic heterocycles. The van der Waals surface area contributed by atoms with E-state index in [0.29, 0.717) is 18.7 Å². The van der Waals surface area contributed by atoms with Crippen LogP contribution in [-0.2, 0) is 16.0 Å². The standard InChI is InChI=1S/C21H24N2O3/c22-21(25)18-11-6-7-13-23(18)20(24)15-26-19-12-5-4-10-17(19)14-16-8-2-1-3-9-16/h1-5,8-10,12,18H,6-7,11,13-15H2,(H2,22,25)/t18-/m1/s1. The van der Waals surface area contributed by atoms with Crippen molar-refractivity contribution >= 4 is 11.8 Å². The van der Waals surface area contributed by atoms with E-state index in [9.17, 15) is 9.59 Å². The fourth-order valence-corrected chi connectivity index (χ4v) is 3.35. The molecule has 0 radical (unpaired) electrons. The zero-order valence-corrected chi connectivity index (χ0v) is 14.8. The Morgan fingerprint density at radius 3 is 2.54 bits per heavy atom. The molecule has 0 bridgehead atoms. The fourth-order valence-electron chi connectivity index (χ4n) is 3.35. The van der Waals surface area contributed by atoms with Crippen LogP contribution < -0.4 is 10.5 Å². The van der Waals surface area contributed by atoms with Crippen LogP contribution >= 0.6 is 0 Å². The molecular formula is C21H24N2O3. The summed E-state index contributed by atoms with van der Waals surface area (Å²) < 4.78 is 5.81.